The van der Waals surface area contributed by atoms with Crippen molar-refractivity contribution < 1.29 is 14.4 Å². The van der Waals surface area contributed by atoms with E-state index in [0.29, 0.717) is 41.2 Å². The number of hydrogen-bond donors (Lipinski definition) is 3. The van der Waals surface area contributed by atoms with Crippen molar-refractivity contribution in [3.8, 4) is 0 Å². The van der Waals surface area contributed by atoms with Crippen LogP contribution in [0.1, 0.15) is 32.9 Å². The molecule has 0 unspecified atom stereocenters. The van der Waals surface area contributed by atoms with Gasteiger partial charge in [-0.25, -0.2) is 0 Å². The van der Waals surface area contributed by atoms with Crippen molar-refractivity contribution in [2.75, 3.05) is 43.9 Å². The molecule has 0 radical (unpaired) electrons. The first kappa shape index (κ1) is 21.6. The largest absolute Gasteiger partial charge is 0.358 e. The minimum absolute atomic E-state index is 0.0136. The predicted octanol–water partition coefficient (Wildman–Crippen LogP) is 2.64. The SMILES string of the molecule is C=CC(=O)Nc1ccc2c(c1)C(=Cc1[nH]c(C)c(C(=O)N3CCN(C)CC3)c1C)C(=O)N2. The minimum atomic E-state index is -0.323. The van der Waals surface area contributed by atoms with Crippen molar-refractivity contribution in [2.24, 2.45) is 0 Å². The van der Waals surface area contributed by atoms with Gasteiger partial charge in [-0.05, 0) is 56.8 Å². The minimum Gasteiger partial charge on any atom is -0.358 e. The van der Waals surface area contributed by atoms with E-state index in [1.165, 1.54) is 6.08 Å². The first-order valence-electron chi connectivity index (χ1n) is 10.6. The predicted molar refractivity (Wildman–Crippen MR) is 125 cm³/mol. The van der Waals surface area contributed by atoms with Crippen molar-refractivity contribution in [3.05, 3.63) is 58.9 Å². The number of nitrogens with one attached hydrogen (secondary N) is 3. The number of aromatic amines is 1. The van der Waals surface area contributed by atoms with Gasteiger partial charge in [0.1, 0.15) is 0 Å². The molecule has 3 amide bonds. The number of hydrogen-bond acceptors (Lipinski definition) is 4. The van der Waals surface area contributed by atoms with E-state index in [1.807, 2.05) is 18.7 Å². The lowest BCUT2D eigenvalue weighted by Crippen LogP contribution is -2.47. The van der Waals surface area contributed by atoms with Crippen molar-refractivity contribution in [2.45, 2.75) is 13.8 Å². The molecule has 1 saturated heterocycles. The van der Waals surface area contributed by atoms with Gasteiger partial charge in [-0.2, -0.15) is 0 Å². The van der Waals surface area contributed by atoms with Gasteiger partial charge in [0.25, 0.3) is 11.8 Å². The molecule has 32 heavy (non-hydrogen) atoms. The first-order valence-corrected chi connectivity index (χ1v) is 10.6. The average Bonchev–Trinajstić information content (AvgIpc) is 3.23. The number of nitrogens with zero attached hydrogens (tertiary/aromatic N) is 2. The van der Waals surface area contributed by atoms with Crippen LogP contribution in [-0.4, -0.2) is 65.7 Å². The van der Waals surface area contributed by atoms with Gasteiger partial charge in [-0.3, -0.25) is 14.4 Å². The normalized spacial score (nSPS) is 17.3. The van der Waals surface area contributed by atoms with Crippen LogP contribution in [0.5, 0.6) is 0 Å². The topological polar surface area (TPSA) is 97.5 Å². The van der Waals surface area contributed by atoms with Crippen LogP contribution in [0.25, 0.3) is 11.6 Å². The second kappa shape index (κ2) is 8.47. The molecule has 1 aromatic carbocycles. The van der Waals surface area contributed by atoms with E-state index in [0.717, 1.165) is 30.0 Å². The van der Waals surface area contributed by atoms with Gasteiger partial charge in [0.05, 0.1) is 11.1 Å². The van der Waals surface area contributed by atoms with E-state index in [4.69, 9.17) is 0 Å². The van der Waals surface area contributed by atoms with E-state index in [9.17, 15) is 14.4 Å². The van der Waals surface area contributed by atoms with Crippen LogP contribution in [0, 0.1) is 13.8 Å². The highest BCUT2D eigenvalue weighted by atomic mass is 16.2. The van der Waals surface area contributed by atoms with Gasteiger partial charge in [0, 0.05) is 54.5 Å². The summed E-state index contributed by atoms with van der Waals surface area (Å²) in [5.41, 5.74) is 5.38. The smallest absolute Gasteiger partial charge is 0.256 e. The van der Waals surface area contributed by atoms with Crippen molar-refractivity contribution >= 4 is 40.7 Å². The molecule has 3 heterocycles. The highest BCUT2D eigenvalue weighted by Gasteiger charge is 2.28. The Bertz CT molecular complexity index is 1150. The summed E-state index contributed by atoms with van der Waals surface area (Å²) in [6.07, 6.45) is 2.96. The van der Waals surface area contributed by atoms with Crippen molar-refractivity contribution in [3.63, 3.8) is 0 Å². The lowest BCUT2D eigenvalue weighted by Gasteiger charge is -2.32. The number of rotatable bonds is 4. The molecule has 2 aliphatic heterocycles. The summed E-state index contributed by atoms with van der Waals surface area (Å²) in [5, 5.41) is 5.56. The molecule has 8 heteroatoms. The Morgan fingerprint density at radius 1 is 1.16 bits per heavy atom. The molecule has 3 N–H and O–H groups in total. The highest BCUT2D eigenvalue weighted by Crippen LogP contribution is 2.36. The Kier molecular flexibility index (Phi) is 5.71. The maximum Gasteiger partial charge on any atom is 0.256 e. The van der Waals surface area contributed by atoms with E-state index >= 15 is 0 Å². The van der Waals surface area contributed by atoms with Crippen LogP contribution in [0.4, 0.5) is 11.4 Å². The molecule has 4 rings (SSSR count). The first-order chi connectivity index (χ1) is 15.3. The fourth-order valence-electron chi connectivity index (χ4n) is 4.15. The molecule has 166 valence electrons. The molecule has 1 aromatic heterocycles. The van der Waals surface area contributed by atoms with Crippen LogP contribution in [0.3, 0.4) is 0 Å². The molecular weight excluding hydrogens is 406 g/mol. The molecule has 0 bridgehead atoms. The van der Waals surface area contributed by atoms with Gasteiger partial charge in [0.2, 0.25) is 5.91 Å². The maximum atomic E-state index is 13.2. The number of amides is 3. The molecule has 8 nitrogen and oxygen atoms in total. The van der Waals surface area contributed by atoms with Crippen LogP contribution in [-0.2, 0) is 9.59 Å². The molecule has 2 aromatic rings. The van der Waals surface area contributed by atoms with Crippen molar-refractivity contribution in [1.82, 2.24) is 14.8 Å². The van der Waals surface area contributed by atoms with Gasteiger partial charge in [-0.1, -0.05) is 6.58 Å². The molecule has 0 spiro atoms. The fourth-order valence-corrected chi connectivity index (χ4v) is 4.15. The summed E-state index contributed by atoms with van der Waals surface area (Å²) < 4.78 is 0. The third kappa shape index (κ3) is 3.97. The van der Waals surface area contributed by atoms with Crippen LogP contribution >= 0.6 is 0 Å². The number of carbonyl (C=O) groups excluding carboxylic acids is 3. The van der Waals surface area contributed by atoms with Gasteiger partial charge in [0.15, 0.2) is 0 Å². The summed E-state index contributed by atoms with van der Waals surface area (Å²) in [6.45, 7) is 10.3. The summed E-state index contributed by atoms with van der Waals surface area (Å²) in [6, 6.07) is 5.23. The number of aromatic nitrogens is 1. The number of likely N-dealkylation sites (N-methyl/N-ethyl adjacent to an activating group) is 1. The molecule has 2 aliphatic rings. The lowest BCUT2D eigenvalue weighted by molar-refractivity contribution is -0.112. The van der Waals surface area contributed by atoms with E-state index in [2.05, 4.69) is 34.1 Å². The van der Waals surface area contributed by atoms with Gasteiger partial charge in [-0.15, -0.1) is 0 Å². The standard InChI is InChI=1S/C24H27N5O3/c1-5-21(30)26-16-6-7-19-17(12-16)18(23(31)27-19)13-20-14(2)22(15(3)25-20)24(32)29-10-8-28(4)9-11-29/h5-7,12-13,25H,1,8-11H2,2-4H3,(H,26,30)(H,27,31). The second-order valence-electron chi connectivity index (χ2n) is 8.23. The Hall–Kier alpha value is -3.65. The second-order valence-corrected chi connectivity index (χ2v) is 8.23. The number of fused-ring (bicyclic) bond motifs is 1. The monoisotopic (exact) mass is 433 g/mol. The van der Waals surface area contributed by atoms with Crippen LogP contribution in [0.2, 0.25) is 0 Å². The third-order valence-electron chi connectivity index (χ3n) is 6.02. The Morgan fingerprint density at radius 2 is 1.88 bits per heavy atom. The van der Waals surface area contributed by atoms with Gasteiger partial charge < -0.3 is 25.4 Å². The summed E-state index contributed by atoms with van der Waals surface area (Å²) >= 11 is 0. The van der Waals surface area contributed by atoms with E-state index < -0.39 is 0 Å². The highest BCUT2D eigenvalue weighted by molar-refractivity contribution is 6.35. The zero-order valence-electron chi connectivity index (χ0n) is 18.5. The lowest BCUT2D eigenvalue weighted by atomic mass is 10.0. The Morgan fingerprint density at radius 3 is 2.56 bits per heavy atom. The molecule has 0 aliphatic carbocycles. The van der Waals surface area contributed by atoms with Crippen LogP contribution < -0.4 is 10.6 Å². The number of H-pyrrole nitrogens is 1. The number of aryl methyl sites for hydroxylation is 1. The summed E-state index contributed by atoms with van der Waals surface area (Å²) in [7, 11) is 2.05. The number of benzene rings is 1. The zero-order chi connectivity index (χ0) is 23.0. The quantitative estimate of drug-likeness (QED) is 0.646. The maximum absolute atomic E-state index is 13.2. The van der Waals surface area contributed by atoms with Gasteiger partial charge >= 0.3 is 0 Å². The third-order valence-corrected chi connectivity index (χ3v) is 6.02. The van der Waals surface area contributed by atoms with Crippen LogP contribution in [0.15, 0.2) is 30.9 Å². The Labute approximate surface area is 187 Å². The van der Waals surface area contributed by atoms with Crippen molar-refractivity contribution in [1.29, 1.82) is 0 Å². The summed E-state index contributed by atoms with van der Waals surface area (Å²) in [4.78, 5) is 44.9. The summed E-state index contributed by atoms with van der Waals surface area (Å²) in [5.74, 6) is -0.541. The zero-order valence-corrected chi connectivity index (χ0v) is 18.5. The Balaban J connectivity index is 1.67. The van der Waals surface area contributed by atoms with E-state index in [1.54, 1.807) is 24.3 Å². The molecule has 0 saturated carbocycles. The fraction of sp³-hybridized carbons (Fsp3) is 0.292. The number of carbonyl (C=O) groups is 3. The molecular formula is C24H27N5O3. The molecule has 1 fully saturated rings. The molecule has 0 atom stereocenters. The van der Waals surface area contributed by atoms with E-state index in [-0.39, 0.29) is 17.7 Å². The number of anilines is 2. The number of piperazine rings is 1. The average molecular weight is 434 g/mol.